The van der Waals surface area contributed by atoms with Crippen LogP contribution in [0.2, 0.25) is 0 Å². The maximum atomic E-state index is 11.4. The Balaban J connectivity index is 2.07. The number of carbonyl (C=O) groups excluding carboxylic acids is 1. The van der Waals surface area contributed by atoms with Gasteiger partial charge < -0.3 is 9.15 Å². The van der Waals surface area contributed by atoms with Gasteiger partial charge in [-0.25, -0.2) is 4.98 Å². The first-order valence-corrected chi connectivity index (χ1v) is 6.33. The van der Waals surface area contributed by atoms with Gasteiger partial charge in [0.2, 0.25) is 5.89 Å². The van der Waals surface area contributed by atoms with Crippen LogP contribution in [0.5, 0.6) is 0 Å². The molecule has 2 aromatic rings. The average Bonchev–Trinajstić information content (AvgIpc) is 2.71. The topological polar surface area (TPSA) is 52.3 Å². The molecule has 4 nitrogen and oxygen atoms in total. The van der Waals surface area contributed by atoms with E-state index >= 15 is 0 Å². The molecular formula is C15H17NO3. The first-order valence-electron chi connectivity index (χ1n) is 6.33. The van der Waals surface area contributed by atoms with Crippen molar-refractivity contribution in [3.8, 4) is 0 Å². The summed E-state index contributed by atoms with van der Waals surface area (Å²) in [5, 5.41) is 0. The Morgan fingerprint density at radius 1 is 1.32 bits per heavy atom. The van der Waals surface area contributed by atoms with Crippen molar-refractivity contribution in [2.45, 2.75) is 26.7 Å². The van der Waals surface area contributed by atoms with Crippen molar-refractivity contribution in [1.82, 2.24) is 4.98 Å². The fourth-order valence-electron chi connectivity index (χ4n) is 1.85. The zero-order valence-corrected chi connectivity index (χ0v) is 11.2. The van der Waals surface area contributed by atoms with E-state index in [1.165, 1.54) is 5.56 Å². The molecular weight excluding hydrogens is 242 g/mol. The molecule has 0 atom stereocenters. The molecule has 0 unspecified atom stereocenters. The molecule has 0 aliphatic rings. The Morgan fingerprint density at radius 2 is 2.05 bits per heavy atom. The maximum Gasteiger partial charge on any atom is 0.315 e. The van der Waals surface area contributed by atoms with Gasteiger partial charge in [0.15, 0.2) is 0 Å². The third-order valence-corrected chi connectivity index (χ3v) is 2.75. The molecule has 1 aromatic carbocycles. The summed E-state index contributed by atoms with van der Waals surface area (Å²) in [6.07, 6.45) is 0.794. The normalized spacial score (nSPS) is 10.4. The summed E-state index contributed by atoms with van der Waals surface area (Å²) in [6, 6.07) is 10.0. The molecule has 0 spiro atoms. The molecule has 2 rings (SSSR count). The molecule has 19 heavy (non-hydrogen) atoms. The fourth-order valence-corrected chi connectivity index (χ4v) is 1.85. The minimum absolute atomic E-state index is 0.0868. The van der Waals surface area contributed by atoms with Crippen LogP contribution < -0.4 is 0 Å². The molecule has 0 aliphatic carbocycles. The summed E-state index contributed by atoms with van der Waals surface area (Å²) in [5.74, 6) is 0.861. The van der Waals surface area contributed by atoms with Crippen molar-refractivity contribution in [1.29, 1.82) is 0 Å². The molecule has 100 valence electrons. The van der Waals surface area contributed by atoms with E-state index in [2.05, 4.69) is 4.98 Å². The third-order valence-electron chi connectivity index (χ3n) is 2.75. The summed E-state index contributed by atoms with van der Waals surface area (Å²) in [7, 11) is 0. The highest BCUT2D eigenvalue weighted by atomic mass is 16.5. The van der Waals surface area contributed by atoms with Gasteiger partial charge in [0, 0.05) is 6.42 Å². The lowest BCUT2D eigenvalue weighted by atomic mass is 10.1. The third kappa shape index (κ3) is 3.68. The Labute approximate surface area is 112 Å². The quantitative estimate of drug-likeness (QED) is 0.775. The lowest BCUT2D eigenvalue weighted by Crippen LogP contribution is -2.07. The van der Waals surface area contributed by atoms with Crippen LogP contribution in [0.3, 0.4) is 0 Å². The number of carbonyl (C=O) groups is 1. The zero-order valence-electron chi connectivity index (χ0n) is 11.2. The number of benzene rings is 1. The highest BCUT2D eigenvalue weighted by Crippen LogP contribution is 2.15. The maximum absolute atomic E-state index is 11.4. The van der Waals surface area contributed by atoms with E-state index < -0.39 is 0 Å². The van der Waals surface area contributed by atoms with Crippen molar-refractivity contribution >= 4 is 5.97 Å². The highest BCUT2D eigenvalue weighted by Gasteiger charge is 2.13. The van der Waals surface area contributed by atoms with Crippen molar-refractivity contribution in [3.05, 3.63) is 53.2 Å². The van der Waals surface area contributed by atoms with Crippen LogP contribution in [-0.4, -0.2) is 17.6 Å². The van der Waals surface area contributed by atoms with Crippen molar-refractivity contribution in [2.24, 2.45) is 0 Å². The Bertz CT molecular complexity index is 546. The molecule has 0 saturated heterocycles. The van der Waals surface area contributed by atoms with E-state index in [1.807, 2.05) is 37.3 Å². The number of oxazole rings is 1. The second kappa shape index (κ2) is 6.18. The number of hydrogen-bond donors (Lipinski definition) is 0. The summed E-state index contributed by atoms with van der Waals surface area (Å²) in [4.78, 5) is 15.7. The molecule has 0 aliphatic heterocycles. The van der Waals surface area contributed by atoms with Crippen LogP contribution in [0.1, 0.15) is 29.8 Å². The van der Waals surface area contributed by atoms with Crippen LogP contribution in [0.25, 0.3) is 0 Å². The number of esters is 1. The van der Waals surface area contributed by atoms with Crippen LogP contribution in [-0.2, 0) is 22.4 Å². The zero-order chi connectivity index (χ0) is 13.7. The van der Waals surface area contributed by atoms with Gasteiger partial charge in [-0.1, -0.05) is 30.3 Å². The van der Waals surface area contributed by atoms with Gasteiger partial charge in [0.05, 0.1) is 12.3 Å². The summed E-state index contributed by atoms with van der Waals surface area (Å²) in [5.41, 5.74) is 2.03. The molecule has 4 heteroatoms. The van der Waals surface area contributed by atoms with Gasteiger partial charge in [0.1, 0.15) is 12.2 Å². The van der Waals surface area contributed by atoms with E-state index in [9.17, 15) is 4.79 Å². The lowest BCUT2D eigenvalue weighted by Gasteiger charge is -1.97. The molecule has 0 amide bonds. The number of hydrogen-bond acceptors (Lipinski definition) is 4. The SMILES string of the molecule is CCOC(=O)Cc1nc(Cc2ccccc2)c(C)o1. The largest absolute Gasteiger partial charge is 0.466 e. The molecule has 0 bridgehead atoms. The van der Waals surface area contributed by atoms with Crippen molar-refractivity contribution < 1.29 is 13.9 Å². The Kier molecular flexibility index (Phi) is 4.34. The van der Waals surface area contributed by atoms with E-state index in [0.717, 1.165) is 11.5 Å². The van der Waals surface area contributed by atoms with Crippen LogP contribution in [0, 0.1) is 6.92 Å². The number of aromatic nitrogens is 1. The molecule has 1 heterocycles. The molecule has 0 fully saturated rings. The van der Waals surface area contributed by atoms with Gasteiger partial charge in [-0.05, 0) is 19.4 Å². The number of nitrogens with zero attached hydrogens (tertiary/aromatic N) is 1. The number of aryl methyl sites for hydroxylation is 1. The van der Waals surface area contributed by atoms with E-state index in [4.69, 9.17) is 9.15 Å². The fraction of sp³-hybridized carbons (Fsp3) is 0.333. The predicted molar refractivity (Wildman–Crippen MR) is 70.8 cm³/mol. The lowest BCUT2D eigenvalue weighted by molar-refractivity contribution is -0.142. The standard InChI is InChI=1S/C15H17NO3/c1-3-18-15(17)10-14-16-13(11(2)19-14)9-12-7-5-4-6-8-12/h4-8H,3,9-10H2,1-2H3. The molecule has 0 N–H and O–H groups in total. The van der Waals surface area contributed by atoms with Crippen LogP contribution in [0.4, 0.5) is 0 Å². The smallest absolute Gasteiger partial charge is 0.315 e. The first kappa shape index (κ1) is 13.3. The van der Waals surface area contributed by atoms with Crippen LogP contribution >= 0.6 is 0 Å². The van der Waals surface area contributed by atoms with E-state index in [0.29, 0.717) is 18.9 Å². The van der Waals surface area contributed by atoms with E-state index in [-0.39, 0.29) is 12.4 Å². The highest BCUT2D eigenvalue weighted by molar-refractivity contribution is 5.71. The molecule has 0 saturated carbocycles. The molecule has 0 radical (unpaired) electrons. The minimum atomic E-state index is -0.310. The molecule has 1 aromatic heterocycles. The van der Waals surface area contributed by atoms with Gasteiger partial charge in [-0.15, -0.1) is 0 Å². The van der Waals surface area contributed by atoms with Gasteiger partial charge >= 0.3 is 5.97 Å². The second-order valence-corrected chi connectivity index (χ2v) is 4.25. The summed E-state index contributed by atoms with van der Waals surface area (Å²) >= 11 is 0. The minimum Gasteiger partial charge on any atom is -0.466 e. The van der Waals surface area contributed by atoms with Gasteiger partial charge in [0.25, 0.3) is 0 Å². The Hall–Kier alpha value is -2.10. The van der Waals surface area contributed by atoms with Gasteiger partial charge in [-0.3, -0.25) is 4.79 Å². The summed E-state index contributed by atoms with van der Waals surface area (Å²) < 4.78 is 10.4. The Morgan fingerprint density at radius 3 is 2.74 bits per heavy atom. The number of ether oxygens (including phenoxy) is 1. The van der Waals surface area contributed by atoms with Crippen molar-refractivity contribution in [2.75, 3.05) is 6.61 Å². The van der Waals surface area contributed by atoms with Gasteiger partial charge in [-0.2, -0.15) is 0 Å². The first-order chi connectivity index (χ1) is 9.19. The van der Waals surface area contributed by atoms with Crippen molar-refractivity contribution in [3.63, 3.8) is 0 Å². The monoisotopic (exact) mass is 259 g/mol. The van der Waals surface area contributed by atoms with E-state index in [1.54, 1.807) is 6.92 Å². The summed E-state index contributed by atoms with van der Waals surface area (Å²) in [6.45, 7) is 4.01. The number of rotatable bonds is 5. The average molecular weight is 259 g/mol. The van der Waals surface area contributed by atoms with Crippen LogP contribution in [0.15, 0.2) is 34.7 Å². The second-order valence-electron chi connectivity index (χ2n) is 4.25. The predicted octanol–water partition coefficient (Wildman–Crippen LogP) is 2.68.